The molecule has 0 saturated heterocycles. The van der Waals surface area contributed by atoms with Crippen LogP contribution in [0, 0.1) is 5.41 Å². The molecule has 20 heavy (non-hydrogen) atoms. The predicted molar refractivity (Wildman–Crippen MR) is 76.2 cm³/mol. The maximum atomic E-state index is 11.9. The molecule has 5 nitrogen and oxygen atoms in total. The largest absolute Gasteiger partial charge is 0.481 e. The maximum Gasteiger partial charge on any atom is 0.311 e. The Morgan fingerprint density at radius 2 is 1.95 bits per heavy atom. The van der Waals surface area contributed by atoms with Gasteiger partial charge in [-0.2, -0.15) is 0 Å². The number of carboxylic acid groups (broad SMARTS) is 1. The summed E-state index contributed by atoms with van der Waals surface area (Å²) in [6, 6.07) is 7.44. The van der Waals surface area contributed by atoms with E-state index in [1.165, 1.54) is 0 Å². The fourth-order valence-corrected chi connectivity index (χ4v) is 2.18. The minimum absolute atomic E-state index is 0.0792. The molecule has 1 aromatic carbocycles. The lowest BCUT2D eigenvalue weighted by Gasteiger charge is -2.14. The number of carbonyl (C=O) groups excluding carboxylic acids is 1. The van der Waals surface area contributed by atoms with Gasteiger partial charge < -0.3 is 16.2 Å². The molecule has 1 amide bonds. The molecule has 0 heterocycles. The van der Waals surface area contributed by atoms with Crippen molar-refractivity contribution >= 4 is 17.6 Å². The summed E-state index contributed by atoms with van der Waals surface area (Å²) in [7, 11) is 0. The molecule has 0 aromatic heterocycles. The van der Waals surface area contributed by atoms with E-state index < -0.39 is 11.4 Å². The van der Waals surface area contributed by atoms with Crippen molar-refractivity contribution in [2.75, 3.05) is 12.3 Å². The standard InChI is InChI=1S/C15H20N2O3/c1-10(11-2-4-12(16)5-3-11)8-13(18)17-9-15(6-7-15)14(19)20/h2-5,10H,6-9,16H2,1H3,(H,17,18)(H,19,20). The van der Waals surface area contributed by atoms with Gasteiger partial charge in [0.25, 0.3) is 0 Å². The summed E-state index contributed by atoms with van der Waals surface area (Å²) in [6.07, 6.45) is 1.64. The number of nitrogens with one attached hydrogen (secondary N) is 1. The first kappa shape index (κ1) is 14.4. The molecule has 1 unspecified atom stereocenters. The summed E-state index contributed by atoms with van der Waals surface area (Å²) in [4.78, 5) is 22.9. The number of carboxylic acids is 1. The second-order valence-corrected chi connectivity index (χ2v) is 5.63. The summed E-state index contributed by atoms with van der Waals surface area (Å²) < 4.78 is 0. The number of anilines is 1. The van der Waals surface area contributed by atoms with Crippen LogP contribution in [0.25, 0.3) is 0 Å². The summed E-state index contributed by atoms with van der Waals surface area (Å²) in [5, 5.41) is 11.8. The Balaban J connectivity index is 1.82. The predicted octanol–water partition coefficient (Wildman–Crippen LogP) is 1.74. The van der Waals surface area contributed by atoms with Crippen LogP contribution in [-0.4, -0.2) is 23.5 Å². The fourth-order valence-electron chi connectivity index (χ4n) is 2.18. The van der Waals surface area contributed by atoms with Crippen LogP contribution in [-0.2, 0) is 9.59 Å². The zero-order chi connectivity index (χ0) is 14.8. The maximum absolute atomic E-state index is 11.9. The Hall–Kier alpha value is -2.04. The second-order valence-electron chi connectivity index (χ2n) is 5.63. The molecule has 1 aliphatic carbocycles. The highest BCUT2D eigenvalue weighted by Gasteiger charge is 2.50. The molecule has 0 radical (unpaired) electrons. The molecule has 1 atom stereocenters. The van der Waals surface area contributed by atoms with Crippen LogP contribution in [0.5, 0.6) is 0 Å². The monoisotopic (exact) mass is 276 g/mol. The van der Waals surface area contributed by atoms with Gasteiger partial charge in [-0.05, 0) is 36.5 Å². The van der Waals surface area contributed by atoms with Crippen molar-refractivity contribution < 1.29 is 14.7 Å². The molecule has 1 fully saturated rings. The van der Waals surface area contributed by atoms with Crippen molar-refractivity contribution in [3.63, 3.8) is 0 Å². The summed E-state index contributed by atoms with van der Waals surface area (Å²) in [5.41, 5.74) is 6.66. The normalized spacial score (nSPS) is 17.2. The topological polar surface area (TPSA) is 92.4 Å². The van der Waals surface area contributed by atoms with Gasteiger partial charge in [-0.25, -0.2) is 0 Å². The van der Waals surface area contributed by atoms with Crippen LogP contribution < -0.4 is 11.1 Å². The molecule has 2 rings (SSSR count). The van der Waals surface area contributed by atoms with E-state index in [1.54, 1.807) is 0 Å². The van der Waals surface area contributed by atoms with E-state index in [0.29, 0.717) is 24.9 Å². The van der Waals surface area contributed by atoms with E-state index in [1.807, 2.05) is 31.2 Å². The van der Waals surface area contributed by atoms with Gasteiger partial charge in [0.2, 0.25) is 5.91 Å². The molecule has 0 aliphatic heterocycles. The van der Waals surface area contributed by atoms with Gasteiger partial charge in [0.05, 0.1) is 5.41 Å². The third kappa shape index (κ3) is 3.29. The smallest absolute Gasteiger partial charge is 0.311 e. The van der Waals surface area contributed by atoms with Crippen molar-refractivity contribution in [2.45, 2.75) is 32.1 Å². The Bertz CT molecular complexity index is 506. The minimum Gasteiger partial charge on any atom is -0.481 e. The number of hydrogen-bond donors (Lipinski definition) is 3. The van der Waals surface area contributed by atoms with Crippen molar-refractivity contribution in [1.82, 2.24) is 5.32 Å². The van der Waals surface area contributed by atoms with E-state index in [4.69, 9.17) is 10.8 Å². The SMILES string of the molecule is CC(CC(=O)NCC1(C(=O)O)CC1)c1ccc(N)cc1. The van der Waals surface area contributed by atoms with Crippen LogP contribution >= 0.6 is 0 Å². The fraction of sp³-hybridized carbons (Fsp3) is 0.467. The van der Waals surface area contributed by atoms with Gasteiger partial charge in [-0.15, -0.1) is 0 Å². The van der Waals surface area contributed by atoms with Gasteiger partial charge >= 0.3 is 5.97 Å². The van der Waals surface area contributed by atoms with Crippen LogP contribution in [0.2, 0.25) is 0 Å². The number of nitrogen functional groups attached to an aromatic ring is 1. The first-order valence-corrected chi connectivity index (χ1v) is 6.78. The second kappa shape index (κ2) is 5.53. The van der Waals surface area contributed by atoms with E-state index in [0.717, 1.165) is 5.56 Å². The number of benzene rings is 1. The summed E-state index contributed by atoms with van der Waals surface area (Å²) in [6.45, 7) is 2.20. The van der Waals surface area contributed by atoms with Crippen molar-refractivity contribution in [3.05, 3.63) is 29.8 Å². The van der Waals surface area contributed by atoms with Gasteiger partial charge in [-0.3, -0.25) is 9.59 Å². The molecule has 4 N–H and O–H groups in total. The molecular weight excluding hydrogens is 256 g/mol. The van der Waals surface area contributed by atoms with E-state index >= 15 is 0 Å². The Morgan fingerprint density at radius 1 is 1.35 bits per heavy atom. The number of nitrogens with two attached hydrogens (primary N) is 1. The summed E-state index contributed by atoms with van der Waals surface area (Å²) in [5.74, 6) is -0.846. The highest BCUT2D eigenvalue weighted by Crippen LogP contribution is 2.45. The lowest BCUT2D eigenvalue weighted by molar-refractivity contribution is -0.143. The number of hydrogen-bond acceptors (Lipinski definition) is 3. The summed E-state index contributed by atoms with van der Waals surface area (Å²) >= 11 is 0. The number of rotatable bonds is 6. The van der Waals surface area contributed by atoms with Crippen molar-refractivity contribution in [3.8, 4) is 0 Å². The van der Waals surface area contributed by atoms with E-state index in [-0.39, 0.29) is 18.4 Å². The first-order chi connectivity index (χ1) is 9.43. The third-order valence-corrected chi connectivity index (χ3v) is 3.93. The van der Waals surface area contributed by atoms with Gasteiger partial charge in [0.1, 0.15) is 0 Å². The van der Waals surface area contributed by atoms with Crippen LogP contribution in [0.1, 0.15) is 37.7 Å². The lowest BCUT2D eigenvalue weighted by Crippen LogP contribution is -2.34. The van der Waals surface area contributed by atoms with Crippen molar-refractivity contribution in [2.24, 2.45) is 5.41 Å². The number of carbonyl (C=O) groups is 2. The Morgan fingerprint density at radius 3 is 2.45 bits per heavy atom. The molecule has 1 saturated carbocycles. The molecule has 5 heteroatoms. The average Bonchev–Trinajstić information content (AvgIpc) is 3.18. The Kier molecular flexibility index (Phi) is 3.97. The molecule has 0 spiro atoms. The van der Waals surface area contributed by atoms with Crippen LogP contribution in [0.3, 0.4) is 0 Å². The molecule has 1 aromatic rings. The lowest BCUT2D eigenvalue weighted by atomic mass is 9.97. The number of aliphatic carboxylic acids is 1. The molecule has 0 bridgehead atoms. The number of amides is 1. The van der Waals surface area contributed by atoms with Crippen LogP contribution in [0.15, 0.2) is 24.3 Å². The highest BCUT2D eigenvalue weighted by atomic mass is 16.4. The third-order valence-electron chi connectivity index (χ3n) is 3.93. The van der Waals surface area contributed by atoms with Crippen LogP contribution in [0.4, 0.5) is 5.69 Å². The van der Waals surface area contributed by atoms with Gasteiger partial charge in [-0.1, -0.05) is 19.1 Å². The minimum atomic E-state index is -0.815. The molecule has 108 valence electrons. The van der Waals surface area contributed by atoms with Crippen molar-refractivity contribution in [1.29, 1.82) is 0 Å². The average molecular weight is 276 g/mol. The zero-order valence-electron chi connectivity index (χ0n) is 11.6. The Labute approximate surface area is 118 Å². The van der Waals surface area contributed by atoms with Gasteiger partial charge in [0.15, 0.2) is 0 Å². The van der Waals surface area contributed by atoms with E-state index in [9.17, 15) is 9.59 Å². The highest BCUT2D eigenvalue weighted by molar-refractivity contribution is 5.81. The van der Waals surface area contributed by atoms with Gasteiger partial charge in [0, 0.05) is 18.7 Å². The molecule has 1 aliphatic rings. The molecular formula is C15H20N2O3. The quantitative estimate of drug-likeness (QED) is 0.690. The zero-order valence-corrected chi connectivity index (χ0v) is 11.6. The first-order valence-electron chi connectivity index (χ1n) is 6.78. The van der Waals surface area contributed by atoms with E-state index in [2.05, 4.69) is 5.32 Å².